The average Bonchev–Trinajstić information content (AvgIpc) is 3.23. The predicted octanol–water partition coefficient (Wildman–Crippen LogP) is 3.71. The maximum atomic E-state index is 12.5. The molecular formula is C23H22N4O3. The quantitative estimate of drug-likeness (QED) is 0.507. The number of rotatable bonds is 7. The first kappa shape index (κ1) is 19.7. The fourth-order valence-electron chi connectivity index (χ4n) is 3.19. The molecule has 0 spiro atoms. The summed E-state index contributed by atoms with van der Waals surface area (Å²) < 4.78 is 10.1. The fraction of sp³-hybridized carbons (Fsp3) is 0.217. The molecule has 30 heavy (non-hydrogen) atoms. The first-order chi connectivity index (χ1) is 14.6. The molecule has 4 aromatic rings. The number of hydrogen-bond acceptors (Lipinski definition) is 6. The second-order valence-corrected chi connectivity index (χ2v) is 7.06. The van der Waals surface area contributed by atoms with Crippen LogP contribution < -0.4 is 5.32 Å². The normalized spacial score (nSPS) is 11.0. The van der Waals surface area contributed by atoms with Crippen LogP contribution in [-0.2, 0) is 17.7 Å². The Kier molecular flexibility index (Phi) is 5.81. The number of pyridine rings is 1. The number of hydrogen-bond donors (Lipinski definition) is 1. The second-order valence-electron chi connectivity index (χ2n) is 7.06. The molecule has 4 rings (SSSR count). The lowest BCUT2D eigenvalue weighted by atomic mass is 10.00. The minimum atomic E-state index is -0.194. The number of aryl methyl sites for hydroxylation is 1. The van der Waals surface area contributed by atoms with Gasteiger partial charge in [0, 0.05) is 37.1 Å². The van der Waals surface area contributed by atoms with Crippen LogP contribution in [-0.4, -0.2) is 34.7 Å². The van der Waals surface area contributed by atoms with Gasteiger partial charge < -0.3 is 14.6 Å². The number of nitrogens with zero attached hydrogens (tertiary/aromatic N) is 3. The van der Waals surface area contributed by atoms with Gasteiger partial charge in [0.05, 0.1) is 13.2 Å². The summed E-state index contributed by atoms with van der Waals surface area (Å²) in [5.74, 6) is 0.735. The van der Waals surface area contributed by atoms with E-state index in [0.717, 1.165) is 27.5 Å². The second kappa shape index (κ2) is 8.84. The van der Waals surface area contributed by atoms with Crippen LogP contribution in [0.15, 0.2) is 59.4 Å². The molecule has 1 N–H and O–H groups in total. The number of ether oxygens (including phenoxy) is 1. The molecule has 0 fully saturated rings. The number of carbonyl (C=O) groups is 1. The standard InChI is InChI=1S/C23H22N4O3/c1-15-9-20(13-24-12-15)18-4-3-17-11-19(6-5-16(17)10-18)23(28)25-14-22-26-21(27-30-22)7-8-29-2/h3-6,9-13H,7-8,14H2,1-2H3,(H,25,28). The molecule has 0 atom stereocenters. The van der Waals surface area contributed by atoms with Crippen LogP contribution in [0.1, 0.15) is 27.6 Å². The Balaban J connectivity index is 1.45. The van der Waals surface area contributed by atoms with Crippen LogP contribution in [0, 0.1) is 6.92 Å². The fourth-order valence-corrected chi connectivity index (χ4v) is 3.19. The molecule has 0 aliphatic rings. The first-order valence-electron chi connectivity index (χ1n) is 9.67. The van der Waals surface area contributed by atoms with Crippen LogP contribution in [0.25, 0.3) is 21.9 Å². The van der Waals surface area contributed by atoms with Gasteiger partial charge in [0.25, 0.3) is 5.91 Å². The monoisotopic (exact) mass is 402 g/mol. The maximum Gasteiger partial charge on any atom is 0.251 e. The van der Waals surface area contributed by atoms with Crippen molar-refractivity contribution in [2.45, 2.75) is 19.9 Å². The van der Waals surface area contributed by atoms with E-state index in [2.05, 4.69) is 32.6 Å². The summed E-state index contributed by atoms with van der Waals surface area (Å²) in [6.07, 6.45) is 4.26. The molecule has 1 amide bonds. The lowest BCUT2D eigenvalue weighted by Gasteiger charge is -2.07. The van der Waals surface area contributed by atoms with Crippen molar-refractivity contribution in [2.75, 3.05) is 13.7 Å². The van der Waals surface area contributed by atoms with Crippen molar-refractivity contribution >= 4 is 16.7 Å². The third kappa shape index (κ3) is 4.52. The lowest BCUT2D eigenvalue weighted by Crippen LogP contribution is -2.22. The van der Waals surface area contributed by atoms with Crippen molar-refractivity contribution in [2.24, 2.45) is 0 Å². The van der Waals surface area contributed by atoms with E-state index in [0.29, 0.717) is 30.3 Å². The molecule has 0 radical (unpaired) electrons. The Labute approximate surface area is 174 Å². The van der Waals surface area contributed by atoms with Crippen molar-refractivity contribution in [3.05, 3.63) is 77.7 Å². The molecule has 0 saturated heterocycles. The number of aromatic nitrogens is 3. The van der Waals surface area contributed by atoms with E-state index in [1.165, 1.54) is 0 Å². The molecule has 2 aromatic carbocycles. The van der Waals surface area contributed by atoms with Crippen molar-refractivity contribution in [1.29, 1.82) is 0 Å². The van der Waals surface area contributed by atoms with Gasteiger partial charge in [0.15, 0.2) is 5.82 Å². The maximum absolute atomic E-state index is 12.5. The van der Waals surface area contributed by atoms with Gasteiger partial charge in [-0.25, -0.2) is 0 Å². The summed E-state index contributed by atoms with van der Waals surface area (Å²) in [4.78, 5) is 21.0. The number of nitrogens with one attached hydrogen (secondary N) is 1. The van der Waals surface area contributed by atoms with Gasteiger partial charge in [0.2, 0.25) is 5.89 Å². The van der Waals surface area contributed by atoms with E-state index in [9.17, 15) is 4.79 Å². The lowest BCUT2D eigenvalue weighted by molar-refractivity contribution is 0.0946. The average molecular weight is 402 g/mol. The molecule has 7 heteroatoms. The summed E-state index contributed by atoms with van der Waals surface area (Å²) in [5, 5.41) is 8.73. The molecule has 0 saturated carbocycles. The SMILES string of the molecule is COCCc1noc(CNC(=O)c2ccc3cc(-c4cncc(C)c4)ccc3c2)n1. The Morgan fingerprint density at radius 3 is 2.73 bits per heavy atom. The number of amides is 1. The van der Waals surface area contributed by atoms with Crippen LogP contribution in [0.2, 0.25) is 0 Å². The van der Waals surface area contributed by atoms with E-state index >= 15 is 0 Å². The zero-order valence-electron chi connectivity index (χ0n) is 16.9. The summed E-state index contributed by atoms with van der Waals surface area (Å²) in [5.41, 5.74) is 3.86. The molecule has 0 aliphatic heterocycles. The van der Waals surface area contributed by atoms with Gasteiger partial charge in [-0.05, 0) is 53.1 Å². The summed E-state index contributed by atoms with van der Waals surface area (Å²) in [6, 6.07) is 13.9. The number of fused-ring (bicyclic) bond motifs is 1. The smallest absolute Gasteiger partial charge is 0.251 e. The zero-order valence-corrected chi connectivity index (χ0v) is 16.9. The highest BCUT2D eigenvalue weighted by Gasteiger charge is 2.11. The summed E-state index contributed by atoms with van der Waals surface area (Å²) >= 11 is 0. The Hall–Kier alpha value is -3.58. The van der Waals surface area contributed by atoms with Crippen LogP contribution in [0.3, 0.4) is 0 Å². The minimum Gasteiger partial charge on any atom is -0.384 e. The van der Waals surface area contributed by atoms with Crippen molar-refractivity contribution in [3.8, 4) is 11.1 Å². The first-order valence-corrected chi connectivity index (χ1v) is 9.67. The third-order valence-electron chi connectivity index (χ3n) is 4.75. The van der Waals surface area contributed by atoms with Crippen molar-refractivity contribution in [1.82, 2.24) is 20.4 Å². The summed E-state index contributed by atoms with van der Waals surface area (Å²) in [7, 11) is 1.62. The molecule has 2 aromatic heterocycles. The Bertz CT molecular complexity index is 1190. The number of benzene rings is 2. The molecule has 7 nitrogen and oxygen atoms in total. The molecule has 152 valence electrons. The van der Waals surface area contributed by atoms with Gasteiger partial charge in [-0.2, -0.15) is 4.98 Å². The zero-order chi connectivity index (χ0) is 20.9. The van der Waals surface area contributed by atoms with Crippen LogP contribution >= 0.6 is 0 Å². The third-order valence-corrected chi connectivity index (χ3v) is 4.75. The van der Waals surface area contributed by atoms with Gasteiger partial charge >= 0.3 is 0 Å². The van der Waals surface area contributed by atoms with E-state index in [1.807, 2.05) is 49.6 Å². The van der Waals surface area contributed by atoms with Crippen LogP contribution in [0.4, 0.5) is 0 Å². The predicted molar refractivity (Wildman–Crippen MR) is 113 cm³/mol. The molecular weight excluding hydrogens is 380 g/mol. The van der Waals surface area contributed by atoms with Gasteiger partial charge in [0.1, 0.15) is 0 Å². The van der Waals surface area contributed by atoms with Crippen LogP contribution in [0.5, 0.6) is 0 Å². The van der Waals surface area contributed by atoms with E-state index in [1.54, 1.807) is 7.11 Å². The molecule has 0 unspecified atom stereocenters. The highest BCUT2D eigenvalue weighted by Crippen LogP contribution is 2.25. The van der Waals surface area contributed by atoms with Gasteiger partial charge in [-0.1, -0.05) is 23.4 Å². The number of carbonyl (C=O) groups excluding carboxylic acids is 1. The van der Waals surface area contributed by atoms with Gasteiger partial charge in [-0.15, -0.1) is 0 Å². The minimum absolute atomic E-state index is 0.177. The molecule has 0 bridgehead atoms. The number of methoxy groups -OCH3 is 1. The van der Waals surface area contributed by atoms with E-state index in [4.69, 9.17) is 9.26 Å². The van der Waals surface area contributed by atoms with Crippen molar-refractivity contribution < 1.29 is 14.1 Å². The largest absolute Gasteiger partial charge is 0.384 e. The molecule has 0 aliphatic carbocycles. The van der Waals surface area contributed by atoms with Crippen molar-refractivity contribution in [3.63, 3.8) is 0 Å². The topological polar surface area (TPSA) is 90.1 Å². The Morgan fingerprint density at radius 1 is 1.07 bits per heavy atom. The highest BCUT2D eigenvalue weighted by atomic mass is 16.5. The van der Waals surface area contributed by atoms with E-state index in [-0.39, 0.29) is 12.5 Å². The Morgan fingerprint density at radius 2 is 1.90 bits per heavy atom. The van der Waals surface area contributed by atoms with Gasteiger partial charge in [-0.3, -0.25) is 9.78 Å². The summed E-state index contributed by atoms with van der Waals surface area (Å²) in [6.45, 7) is 2.72. The highest BCUT2D eigenvalue weighted by molar-refractivity contribution is 5.99. The van der Waals surface area contributed by atoms with E-state index < -0.39 is 0 Å². The molecule has 2 heterocycles.